The fraction of sp³-hybridized carbons (Fsp3) is 0.381. The van der Waals surface area contributed by atoms with E-state index in [2.05, 4.69) is 5.32 Å². The van der Waals surface area contributed by atoms with Crippen molar-refractivity contribution in [2.24, 2.45) is 0 Å². The van der Waals surface area contributed by atoms with Crippen LogP contribution in [-0.4, -0.2) is 46.9 Å². The van der Waals surface area contributed by atoms with Gasteiger partial charge in [-0.15, -0.1) is 0 Å². The third kappa shape index (κ3) is 7.55. The molecule has 1 amide bonds. The van der Waals surface area contributed by atoms with E-state index in [-0.39, 0.29) is 24.9 Å². The van der Waals surface area contributed by atoms with Crippen molar-refractivity contribution < 1.29 is 27.1 Å². The monoisotopic (exact) mass is 438 g/mol. The highest BCUT2D eigenvalue weighted by Crippen LogP contribution is 2.19. The number of rotatable bonds is 11. The van der Waals surface area contributed by atoms with E-state index in [1.165, 1.54) is 24.3 Å². The van der Waals surface area contributed by atoms with Gasteiger partial charge in [0.05, 0.1) is 25.1 Å². The molecular formula is C21H27FN2O5S. The summed E-state index contributed by atoms with van der Waals surface area (Å²) in [5, 5.41) is 2.83. The first-order valence-electron chi connectivity index (χ1n) is 9.48. The number of anilines is 1. The summed E-state index contributed by atoms with van der Waals surface area (Å²) in [6.45, 7) is 2.24. The molecule has 2 aromatic rings. The minimum absolute atomic E-state index is 0.120. The molecule has 0 aliphatic carbocycles. The van der Waals surface area contributed by atoms with E-state index in [1.54, 1.807) is 31.4 Å². The Labute approximate surface area is 176 Å². The minimum atomic E-state index is -3.55. The lowest BCUT2D eigenvalue weighted by Crippen LogP contribution is -2.37. The van der Waals surface area contributed by atoms with Gasteiger partial charge in [0.25, 0.3) is 0 Å². The van der Waals surface area contributed by atoms with Gasteiger partial charge < -0.3 is 14.8 Å². The number of carbonyl (C=O) groups is 1. The van der Waals surface area contributed by atoms with E-state index in [9.17, 15) is 17.6 Å². The molecule has 0 aliphatic rings. The van der Waals surface area contributed by atoms with Crippen LogP contribution in [0.5, 0.6) is 11.5 Å². The van der Waals surface area contributed by atoms with E-state index in [4.69, 9.17) is 9.47 Å². The van der Waals surface area contributed by atoms with Crippen molar-refractivity contribution >= 4 is 21.6 Å². The number of ether oxygens (including phenoxy) is 2. The predicted molar refractivity (Wildman–Crippen MR) is 114 cm³/mol. The maximum atomic E-state index is 13.1. The second kappa shape index (κ2) is 10.8. The van der Waals surface area contributed by atoms with Gasteiger partial charge in [-0.1, -0.05) is 0 Å². The first kappa shape index (κ1) is 23.5. The molecule has 0 saturated heterocycles. The number of hydrogen-bond acceptors (Lipinski definition) is 5. The summed E-state index contributed by atoms with van der Waals surface area (Å²) < 4.78 is 49.1. The third-order valence-corrected chi connectivity index (χ3v) is 5.44. The summed E-state index contributed by atoms with van der Waals surface area (Å²) >= 11 is 0. The summed E-state index contributed by atoms with van der Waals surface area (Å²) in [4.78, 5) is 12.2. The number of methoxy groups -OCH3 is 1. The van der Waals surface area contributed by atoms with Crippen molar-refractivity contribution in [3.8, 4) is 11.5 Å². The fourth-order valence-electron chi connectivity index (χ4n) is 2.76. The Hall–Kier alpha value is -2.81. The second-order valence-corrected chi connectivity index (χ2v) is 8.78. The second-order valence-electron chi connectivity index (χ2n) is 6.87. The zero-order chi connectivity index (χ0) is 22.1. The summed E-state index contributed by atoms with van der Waals surface area (Å²) in [6, 6.07) is 12.1. The molecule has 1 atom stereocenters. The van der Waals surface area contributed by atoms with Crippen molar-refractivity contribution in [3.63, 3.8) is 0 Å². The first-order valence-corrected chi connectivity index (χ1v) is 11.3. The number of carbonyl (C=O) groups excluding carboxylic acids is 1. The highest BCUT2D eigenvalue weighted by molar-refractivity contribution is 7.92. The lowest BCUT2D eigenvalue weighted by Gasteiger charge is -2.22. The van der Waals surface area contributed by atoms with Gasteiger partial charge in [0.2, 0.25) is 15.9 Å². The van der Waals surface area contributed by atoms with Gasteiger partial charge >= 0.3 is 0 Å². The SMILES string of the molecule is COc1ccc(OC[C@@H](C)NC(=O)CCCN(c2ccc(F)cc2)S(C)(=O)=O)cc1. The Bertz CT molecular complexity index is 917. The van der Waals surface area contributed by atoms with Crippen LogP contribution in [-0.2, 0) is 14.8 Å². The molecule has 0 unspecified atom stereocenters. The number of halogens is 1. The molecule has 2 rings (SSSR count). The average molecular weight is 439 g/mol. The lowest BCUT2D eigenvalue weighted by molar-refractivity contribution is -0.121. The largest absolute Gasteiger partial charge is 0.497 e. The summed E-state index contributed by atoms with van der Waals surface area (Å²) in [5.74, 6) is 0.748. The van der Waals surface area contributed by atoms with Crippen LogP contribution in [0.15, 0.2) is 48.5 Å². The van der Waals surface area contributed by atoms with Crippen LogP contribution in [0.4, 0.5) is 10.1 Å². The van der Waals surface area contributed by atoms with Gasteiger partial charge in [-0.05, 0) is 61.9 Å². The van der Waals surface area contributed by atoms with Crippen LogP contribution in [0.1, 0.15) is 19.8 Å². The molecule has 0 radical (unpaired) electrons. The lowest BCUT2D eigenvalue weighted by atomic mass is 10.2. The zero-order valence-corrected chi connectivity index (χ0v) is 18.1. The van der Waals surface area contributed by atoms with Crippen LogP contribution in [0.2, 0.25) is 0 Å². The maximum absolute atomic E-state index is 13.1. The predicted octanol–water partition coefficient (Wildman–Crippen LogP) is 2.96. The van der Waals surface area contributed by atoms with E-state index in [0.717, 1.165) is 16.3 Å². The Morgan fingerprint density at radius 2 is 1.70 bits per heavy atom. The number of nitrogens with one attached hydrogen (secondary N) is 1. The highest BCUT2D eigenvalue weighted by Gasteiger charge is 2.18. The minimum Gasteiger partial charge on any atom is -0.497 e. The number of benzene rings is 2. The smallest absolute Gasteiger partial charge is 0.232 e. The number of hydrogen-bond donors (Lipinski definition) is 1. The van der Waals surface area contributed by atoms with E-state index >= 15 is 0 Å². The van der Waals surface area contributed by atoms with Crippen molar-refractivity contribution in [3.05, 3.63) is 54.3 Å². The van der Waals surface area contributed by atoms with Gasteiger partial charge in [0.1, 0.15) is 23.9 Å². The molecule has 7 nitrogen and oxygen atoms in total. The fourth-order valence-corrected chi connectivity index (χ4v) is 3.72. The molecular weight excluding hydrogens is 411 g/mol. The molecule has 0 bridgehead atoms. The zero-order valence-electron chi connectivity index (χ0n) is 17.3. The Kier molecular flexibility index (Phi) is 8.46. The van der Waals surface area contributed by atoms with Crippen molar-refractivity contribution in [1.29, 1.82) is 0 Å². The van der Waals surface area contributed by atoms with Gasteiger partial charge in [0, 0.05) is 13.0 Å². The molecule has 30 heavy (non-hydrogen) atoms. The van der Waals surface area contributed by atoms with Crippen LogP contribution in [0.3, 0.4) is 0 Å². The number of sulfonamides is 1. The molecule has 0 aliphatic heterocycles. The quantitative estimate of drug-likeness (QED) is 0.583. The topological polar surface area (TPSA) is 84.9 Å². The molecule has 9 heteroatoms. The average Bonchev–Trinajstić information content (AvgIpc) is 2.70. The summed E-state index contributed by atoms with van der Waals surface area (Å²) in [5.41, 5.74) is 0.362. The van der Waals surface area contributed by atoms with Crippen molar-refractivity contribution in [2.75, 3.05) is 30.8 Å². The van der Waals surface area contributed by atoms with Gasteiger partial charge in [-0.25, -0.2) is 12.8 Å². The van der Waals surface area contributed by atoms with Crippen LogP contribution >= 0.6 is 0 Å². The van der Waals surface area contributed by atoms with Gasteiger partial charge in [-0.3, -0.25) is 9.10 Å². The molecule has 0 spiro atoms. The number of nitrogens with zero attached hydrogens (tertiary/aromatic N) is 1. The molecule has 0 fully saturated rings. The Morgan fingerprint density at radius 1 is 1.10 bits per heavy atom. The molecule has 2 aromatic carbocycles. The normalized spacial score (nSPS) is 12.1. The van der Waals surface area contributed by atoms with Crippen molar-refractivity contribution in [2.45, 2.75) is 25.8 Å². The number of amides is 1. The van der Waals surface area contributed by atoms with Crippen LogP contribution in [0.25, 0.3) is 0 Å². The van der Waals surface area contributed by atoms with E-state index in [0.29, 0.717) is 24.5 Å². The van der Waals surface area contributed by atoms with Crippen LogP contribution < -0.4 is 19.1 Å². The molecule has 0 heterocycles. The summed E-state index contributed by atoms with van der Waals surface area (Å²) in [7, 11) is -1.96. The van der Waals surface area contributed by atoms with Gasteiger partial charge in [-0.2, -0.15) is 0 Å². The van der Waals surface area contributed by atoms with Gasteiger partial charge in [0.15, 0.2) is 0 Å². The van der Waals surface area contributed by atoms with Crippen molar-refractivity contribution in [1.82, 2.24) is 5.32 Å². The standard InChI is InChI=1S/C21H27FN2O5S/c1-16(15-29-20-12-10-19(28-2)11-13-20)23-21(25)5-4-14-24(30(3,26)27)18-8-6-17(22)7-9-18/h6-13,16H,4-5,14-15H2,1-3H3,(H,23,25)/t16-/m1/s1. The first-order chi connectivity index (χ1) is 14.2. The maximum Gasteiger partial charge on any atom is 0.232 e. The molecule has 0 aromatic heterocycles. The Morgan fingerprint density at radius 3 is 2.27 bits per heavy atom. The molecule has 1 N–H and O–H groups in total. The summed E-state index contributed by atoms with van der Waals surface area (Å²) in [6.07, 6.45) is 1.55. The third-order valence-electron chi connectivity index (χ3n) is 4.25. The molecule has 164 valence electrons. The van der Waals surface area contributed by atoms with Crippen LogP contribution in [0, 0.1) is 5.82 Å². The van der Waals surface area contributed by atoms with E-state index in [1.807, 2.05) is 6.92 Å². The Balaban J connectivity index is 1.78. The highest BCUT2D eigenvalue weighted by atomic mass is 32.2. The molecule has 0 saturated carbocycles. The van der Waals surface area contributed by atoms with E-state index < -0.39 is 15.8 Å².